The maximum atomic E-state index is 13.2. The summed E-state index contributed by atoms with van der Waals surface area (Å²) < 4.78 is 65.6. The standard InChI is InChI=1S/C25H26F3N3O4S/c26-25(27,28)19-8-6-17(7-9-19)14-29-22(32)21-5-2-12-31(21)23(33)18-3-1-4-20(13-18)36(34,35)30-15-24(16-30)10-11-24/h1,3-4,6-9,13,21H,2,5,10-12,14-16H2,(H,29,32). The van der Waals surface area contributed by atoms with Crippen LogP contribution in [0.3, 0.4) is 0 Å². The molecule has 1 N–H and O–H groups in total. The first-order chi connectivity index (χ1) is 17.0. The number of nitrogens with zero attached hydrogens (tertiary/aromatic N) is 2. The van der Waals surface area contributed by atoms with E-state index in [-0.39, 0.29) is 22.4 Å². The third kappa shape index (κ3) is 4.73. The van der Waals surface area contributed by atoms with E-state index in [2.05, 4.69) is 5.32 Å². The van der Waals surface area contributed by atoms with Crippen molar-refractivity contribution in [2.45, 2.75) is 49.3 Å². The summed E-state index contributed by atoms with van der Waals surface area (Å²) in [6, 6.07) is 9.69. The number of nitrogens with one attached hydrogen (secondary N) is 1. The Morgan fingerprint density at radius 1 is 1.06 bits per heavy atom. The predicted molar refractivity (Wildman–Crippen MR) is 124 cm³/mol. The van der Waals surface area contributed by atoms with Crippen molar-refractivity contribution in [2.24, 2.45) is 5.41 Å². The number of hydrogen-bond donors (Lipinski definition) is 1. The lowest BCUT2D eigenvalue weighted by Crippen LogP contribution is -2.51. The lowest BCUT2D eigenvalue weighted by Gasteiger charge is -2.38. The van der Waals surface area contributed by atoms with Gasteiger partial charge in [-0.05, 0) is 67.0 Å². The molecular formula is C25H26F3N3O4S. The lowest BCUT2D eigenvalue weighted by molar-refractivity contribution is -0.137. The van der Waals surface area contributed by atoms with Gasteiger partial charge >= 0.3 is 6.18 Å². The van der Waals surface area contributed by atoms with E-state index in [9.17, 15) is 31.2 Å². The van der Waals surface area contributed by atoms with Gasteiger partial charge in [-0.3, -0.25) is 9.59 Å². The maximum absolute atomic E-state index is 13.2. The van der Waals surface area contributed by atoms with Crippen molar-refractivity contribution in [3.05, 3.63) is 65.2 Å². The summed E-state index contributed by atoms with van der Waals surface area (Å²) in [5.74, 6) is -0.832. The third-order valence-electron chi connectivity index (χ3n) is 7.26. The number of benzene rings is 2. The summed E-state index contributed by atoms with van der Waals surface area (Å²) in [5.41, 5.74) is 0.0941. The summed E-state index contributed by atoms with van der Waals surface area (Å²) in [7, 11) is -3.68. The zero-order valence-corrected chi connectivity index (χ0v) is 20.2. The van der Waals surface area contributed by atoms with Crippen LogP contribution >= 0.6 is 0 Å². The Balaban J connectivity index is 1.23. The van der Waals surface area contributed by atoms with Gasteiger partial charge < -0.3 is 10.2 Å². The van der Waals surface area contributed by atoms with Gasteiger partial charge in [0.25, 0.3) is 5.91 Å². The number of carbonyl (C=O) groups excluding carboxylic acids is 2. The monoisotopic (exact) mass is 521 g/mol. The first-order valence-corrected chi connectivity index (χ1v) is 13.3. The van der Waals surface area contributed by atoms with Crippen LogP contribution in [0.2, 0.25) is 0 Å². The molecule has 1 unspecified atom stereocenters. The van der Waals surface area contributed by atoms with Crippen molar-refractivity contribution in [1.82, 2.24) is 14.5 Å². The van der Waals surface area contributed by atoms with E-state index < -0.39 is 39.6 Å². The molecule has 2 aromatic carbocycles. The quantitative estimate of drug-likeness (QED) is 0.631. The van der Waals surface area contributed by atoms with Crippen molar-refractivity contribution in [3.8, 4) is 0 Å². The Kier molecular flexibility index (Phi) is 6.11. The Morgan fingerprint density at radius 2 is 1.75 bits per heavy atom. The van der Waals surface area contributed by atoms with Gasteiger partial charge in [-0.15, -0.1) is 0 Å². The second-order valence-corrected chi connectivity index (χ2v) is 11.8. The van der Waals surface area contributed by atoms with Crippen LogP contribution in [0.4, 0.5) is 13.2 Å². The topological polar surface area (TPSA) is 86.8 Å². The van der Waals surface area contributed by atoms with E-state index in [1.54, 1.807) is 0 Å². The van der Waals surface area contributed by atoms with Crippen LogP contribution in [0.15, 0.2) is 53.4 Å². The van der Waals surface area contributed by atoms with Crippen LogP contribution in [0.25, 0.3) is 0 Å². The minimum Gasteiger partial charge on any atom is -0.350 e. The average molecular weight is 522 g/mol. The van der Waals surface area contributed by atoms with Crippen molar-refractivity contribution in [1.29, 1.82) is 0 Å². The Bertz CT molecular complexity index is 1280. The molecule has 11 heteroatoms. The van der Waals surface area contributed by atoms with Crippen LogP contribution in [-0.4, -0.2) is 55.1 Å². The molecule has 0 aromatic heterocycles. The first kappa shape index (κ1) is 24.8. The lowest BCUT2D eigenvalue weighted by atomic mass is 10.0. The fourth-order valence-corrected chi connectivity index (χ4v) is 6.58. The number of amides is 2. The van der Waals surface area contributed by atoms with E-state index in [0.717, 1.165) is 25.0 Å². The molecule has 5 rings (SSSR count). The molecule has 0 bridgehead atoms. The third-order valence-corrected chi connectivity index (χ3v) is 9.05. The second-order valence-electron chi connectivity index (χ2n) is 9.87. The molecule has 2 aromatic rings. The van der Waals surface area contributed by atoms with Crippen LogP contribution in [-0.2, 0) is 27.5 Å². The average Bonchev–Trinajstić information content (AvgIpc) is 3.50. The van der Waals surface area contributed by atoms with Crippen LogP contribution in [0.5, 0.6) is 0 Å². The van der Waals surface area contributed by atoms with E-state index in [0.29, 0.717) is 38.0 Å². The van der Waals surface area contributed by atoms with Crippen LogP contribution < -0.4 is 5.32 Å². The molecule has 3 aliphatic rings. The Labute approximate surface area is 207 Å². The van der Waals surface area contributed by atoms with Gasteiger partial charge in [0.2, 0.25) is 15.9 Å². The summed E-state index contributed by atoms with van der Waals surface area (Å²) in [4.78, 5) is 27.6. The zero-order valence-electron chi connectivity index (χ0n) is 19.4. The summed E-state index contributed by atoms with van der Waals surface area (Å²) >= 11 is 0. The molecule has 1 saturated carbocycles. The first-order valence-electron chi connectivity index (χ1n) is 11.8. The summed E-state index contributed by atoms with van der Waals surface area (Å²) in [6.07, 6.45) is -1.28. The van der Waals surface area contributed by atoms with E-state index in [1.807, 2.05) is 0 Å². The highest BCUT2D eigenvalue weighted by Gasteiger charge is 2.56. The van der Waals surface area contributed by atoms with Gasteiger partial charge in [0, 0.05) is 31.7 Å². The van der Waals surface area contributed by atoms with E-state index in [1.165, 1.54) is 45.6 Å². The Hall–Kier alpha value is -2.92. The minimum absolute atomic E-state index is 0.0283. The van der Waals surface area contributed by atoms with E-state index in [4.69, 9.17) is 0 Å². The summed E-state index contributed by atoms with van der Waals surface area (Å²) in [5, 5.41) is 2.70. The van der Waals surface area contributed by atoms with Crippen molar-refractivity contribution < 1.29 is 31.2 Å². The molecule has 2 amide bonds. The SMILES string of the molecule is O=C(NCc1ccc(C(F)(F)F)cc1)C1CCCN1C(=O)c1cccc(S(=O)(=O)N2CC3(CC3)C2)c1. The molecule has 1 atom stereocenters. The normalized spacial score (nSPS) is 21.3. The van der Waals surface area contributed by atoms with Crippen LogP contribution in [0, 0.1) is 5.41 Å². The highest BCUT2D eigenvalue weighted by Crippen LogP contribution is 2.54. The highest BCUT2D eigenvalue weighted by molar-refractivity contribution is 7.89. The minimum atomic E-state index is -4.43. The van der Waals surface area contributed by atoms with Gasteiger partial charge in [-0.2, -0.15) is 17.5 Å². The van der Waals surface area contributed by atoms with Gasteiger partial charge in [0.05, 0.1) is 10.5 Å². The predicted octanol–water partition coefficient (Wildman–Crippen LogP) is 3.41. The van der Waals surface area contributed by atoms with Gasteiger partial charge in [-0.1, -0.05) is 18.2 Å². The molecule has 192 valence electrons. The molecule has 1 aliphatic carbocycles. The molecule has 2 heterocycles. The van der Waals surface area contributed by atoms with Crippen LogP contribution in [0.1, 0.15) is 47.2 Å². The molecular weight excluding hydrogens is 495 g/mol. The largest absolute Gasteiger partial charge is 0.416 e. The zero-order chi connectivity index (χ0) is 25.7. The van der Waals surface area contributed by atoms with Crippen molar-refractivity contribution >= 4 is 21.8 Å². The van der Waals surface area contributed by atoms with Gasteiger partial charge in [0.15, 0.2) is 0 Å². The maximum Gasteiger partial charge on any atom is 0.416 e. The second kappa shape index (κ2) is 8.88. The molecule has 36 heavy (non-hydrogen) atoms. The molecule has 3 fully saturated rings. The smallest absolute Gasteiger partial charge is 0.350 e. The number of rotatable bonds is 6. The number of hydrogen-bond acceptors (Lipinski definition) is 4. The number of sulfonamides is 1. The van der Waals surface area contributed by atoms with Gasteiger partial charge in [-0.25, -0.2) is 8.42 Å². The molecule has 2 aliphatic heterocycles. The summed E-state index contributed by atoms with van der Waals surface area (Å²) in [6.45, 7) is 1.41. The van der Waals surface area contributed by atoms with Crippen molar-refractivity contribution in [2.75, 3.05) is 19.6 Å². The van der Waals surface area contributed by atoms with Gasteiger partial charge in [0.1, 0.15) is 6.04 Å². The van der Waals surface area contributed by atoms with E-state index >= 15 is 0 Å². The molecule has 7 nitrogen and oxygen atoms in total. The fourth-order valence-electron chi connectivity index (χ4n) is 4.87. The highest BCUT2D eigenvalue weighted by atomic mass is 32.2. The molecule has 2 saturated heterocycles. The molecule has 0 radical (unpaired) electrons. The fraction of sp³-hybridized carbons (Fsp3) is 0.440. The number of alkyl halides is 3. The number of likely N-dealkylation sites (tertiary alicyclic amines) is 1. The number of carbonyl (C=O) groups is 2. The Morgan fingerprint density at radius 3 is 2.39 bits per heavy atom. The number of halogens is 3. The van der Waals surface area contributed by atoms with Crippen molar-refractivity contribution in [3.63, 3.8) is 0 Å². The molecule has 1 spiro atoms.